The Bertz CT molecular complexity index is 134. The van der Waals surface area contributed by atoms with Crippen molar-refractivity contribution in [2.24, 2.45) is 11.7 Å². The second kappa shape index (κ2) is 3.09. The molecule has 0 spiro atoms. The number of rotatable bonds is 1. The van der Waals surface area contributed by atoms with Gasteiger partial charge in [0.05, 0.1) is 12.7 Å². The average Bonchev–Trinajstić information content (AvgIpc) is 2.55. The molecule has 11 heavy (non-hydrogen) atoms. The monoisotopic (exact) mass is 157 g/mol. The molecule has 0 amide bonds. The summed E-state index contributed by atoms with van der Waals surface area (Å²) in [5.41, 5.74) is 5.88. The van der Waals surface area contributed by atoms with Crippen LogP contribution < -0.4 is 5.73 Å². The third kappa shape index (κ3) is 1.41. The summed E-state index contributed by atoms with van der Waals surface area (Å²) in [5, 5.41) is 0. The molecule has 2 fully saturated rings. The van der Waals surface area contributed by atoms with Crippen LogP contribution in [0.3, 0.4) is 0 Å². The van der Waals surface area contributed by atoms with Crippen LogP contribution in [-0.4, -0.2) is 32.0 Å². The van der Waals surface area contributed by atoms with Gasteiger partial charge in [-0.05, 0) is 12.8 Å². The van der Waals surface area contributed by atoms with Crippen molar-refractivity contribution in [1.29, 1.82) is 0 Å². The number of ether oxygens (including phenoxy) is 2. The quantitative estimate of drug-likeness (QED) is 0.589. The molecule has 0 aliphatic carbocycles. The Balaban J connectivity index is 1.92. The van der Waals surface area contributed by atoms with Crippen molar-refractivity contribution in [3.05, 3.63) is 0 Å². The molecule has 64 valence electrons. The molecule has 0 saturated carbocycles. The van der Waals surface area contributed by atoms with Crippen molar-refractivity contribution in [2.45, 2.75) is 25.0 Å². The molecule has 0 aromatic heterocycles. The highest BCUT2D eigenvalue weighted by molar-refractivity contribution is 4.86. The molecule has 3 heteroatoms. The van der Waals surface area contributed by atoms with Gasteiger partial charge in [0.15, 0.2) is 0 Å². The minimum atomic E-state index is 0.252. The summed E-state index contributed by atoms with van der Waals surface area (Å²) >= 11 is 0. The van der Waals surface area contributed by atoms with E-state index in [0.29, 0.717) is 5.92 Å². The van der Waals surface area contributed by atoms with Crippen molar-refractivity contribution in [1.82, 2.24) is 0 Å². The molecule has 2 N–H and O–H groups in total. The van der Waals surface area contributed by atoms with Crippen LogP contribution in [0.5, 0.6) is 0 Å². The Morgan fingerprint density at radius 3 is 2.64 bits per heavy atom. The van der Waals surface area contributed by atoms with Crippen LogP contribution in [0, 0.1) is 5.92 Å². The van der Waals surface area contributed by atoms with E-state index in [1.807, 2.05) is 0 Å². The molecule has 2 aliphatic rings. The van der Waals surface area contributed by atoms with Crippen molar-refractivity contribution < 1.29 is 9.47 Å². The number of hydrogen-bond donors (Lipinski definition) is 1. The van der Waals surface area contributed by atoms with Gasteiger partial charge in [-0.1, -0.05) is 0 Å². The fourth-order valence-corrected chi connectivity index (χ4v) is 1.93. The lowest BCUT2D eigenvalue weighted by molar-refractivity contribution is 0.0492. The molecule has 0 aromatic rings. The first kappa shape index (κ1) is 7.53. The van der Waals surface area contributed by atoms with Gasteiger partial charge in [-0.15, -0.1) is 0 Å². The summed E-state index contributed by atoms with van der Waals surface area (Å²) in [6, 6.07) is 0.252. The molecule has 0 radical (unpaired) electrons. The highest BCUT2D eigenvalue weighted by Gasteiger charge is 2.34. The topological polar surface area (TPSA) is 44.5 Å². The zero-order valence-corrected chi connectivity index (χ0v) is 6.66. The highest BCUT2D eigenvalue weighted by atomic mass is 16.5. The largest absolute Gasteiger partial charge is 0.381 e. The fourth-order valence-electron chi connectivity index (χ4n) is 1.93. The Kier molecular flexibility index (Phi) is 2.11. The second-order valence-electron chi connectivity index (χ2n) is 3.41. The van der Waals surface area contributed by atoms with Crippen LogP contribution >= 0.6 is 0 Å². The van der Waals surface area contributed by atoms with Gasteiger partial charge in [-0.3, -0.25) is 0 Å². The van der Waals surface area contributed by atoms with Gasteiger partial charge in [0.2, 0.25) is 0 Å². The van der Waals surface area contributed by atoms with Crippen LogP contribution in [0.25, 0.3) is 0 Å². The summed E-state index contributed by atoms with van der Waals surface area (Å²) < 4.78 is 10.8. The molecule has 3 nitrogen and oxygen atoms in total. The fraction of sp³-hybridized carbons (Fsp3) is 1.00. The number of nitrogens with two attached hydrogens (primary N) is 1. The van der Waals surface area contributed by atoms with Gasteiger partial charge in [-0.2, -0.15) is 0 Å². The predicted molar refractivity (Wildman–Crippen MR) is 41.3 cm³/mol. The summed E-state index contributed by atoms with van der Waals surface area (Å²) in [4.78, 5) is 0. The SMILES string of the molecule is NC1CCOC1C1CCOC1. The average molecular weight is 157 g/mol. The summed E-state index contributed by atoms with van der Waals surface area (Å²) in [6.07, 6.45) is 2.41. The van der Waals surface area contributed by atoms with E-state index < -0.39 is 0 Å². The van der Waals surface area contributed by atoms with Crippen molar-refractivity contribution in [3.8, 4) is 0 Å². The van der Waals surface area contributed by atoms with Gasteiger partial charge in [0.1, 0.15) is 0 Å². The molecule has 0 aromatic carbocycles. The van der Waals surface area contributed by atoms with Crippen LogP contribution in [-0.2, 0) is 9.47 Å². The van der Waals surface area contributed by atoms with E-state index in [-0.39, 0.29) is 12.1 Å². The van der Waals surface area contributed by atoms with Crippen LogP contribution in [0.1, 0.15) is 12.8 Å². The van der Waals surface area contributed by atoms with Crippen molar-refractivity contribution in [2.75, 3.05) is 19.8 Å². The van der Waals surface area contributed by atoms with Crippen LogP contribution in [0.4, 0.5) is 0 Å². The lowest BCUT2D eigenvalue weighted by Crippen LogP contribution is -2.36. The maximum atomic E-state index is 5.88. The third-order valence-corrected chi connectivity index (χ3v) is 2.61. The summed E-state index contributed by atoms with van der Waals surface area (Å²) in [6.45, 7) is 2.57. The van der Waals surface area contributed by atoms with E-state index in [9.17, 15) is 0 Å². The minimum absolute atomic E-state index is 0.252. The van der Waals surface area contributed by atoms with E-state index >= 15 is 0 Å². The summed E-state index contributed by atoms with van der Waals surface area (Å²) in [7, 11) is 0. The molecular formula is C8H15NO2. The Morgan fingerprint density at radius 2 is 2.09 bits per heavy atom. The normalized spacial score (nSPS) is 45.0. The minimum Gasteiger partial charge on any atom is -0.381 e. The zero-order valence-electron chi connectivity index (χ0n) is 6.66. The van der Waals surface area contributed by atoms with Crippen LogP contribution in [0.15, 0.2) is 0 Å². The Hall–Kier alpha value is -0.120. The van der Waals surface area contributed by atoms with E-state index in [1.54, 1.807) is 0 Å². The first-order valence-corrected chi connectivity index (χ1v) is 4.33. The van der Waals surface area contributed by atoms with E-state index in [2.05, 4.69) is 0 Å². The Morgan fingerprint density at radius 1 is 1.18 bits per heavy atom. The zero-order chi connectivity index (χ0) is 7.68. The molecular weight excluding hydrogens is 142 g/mol. The predicted octanol–water partition coefficient (Wildman–Crippen LogP) is 0.139. The summed E-state index contributed by atoms with van der Waals surface area (Å²) in [5.74, 6) is 0.562. The van der Waals surface area contributed by atoms with Crippen LogP contribution in [0.2, 0.25) is 0 Å². The van der Waals surface area contributed by atoms with E-state index in [1.165, 1.54) is 0 Å². The van der Waals surface area contributed by atoms with E-state index in [0.717, 1.165) is 32.7 Å². The van der Waals surface area contributed by atoms with E-state index in [4.69, 9.17) is 15.2 Å². The van der Waals surface area contributed by atoms with Crippen molar-refractivity contribution >= 4 is 0 Å². The third-order valence-electron chi connectivity index (χ3n) is 2.61. The molecule has 2 aliphatic heterocycles. The molecule has 2 saturated heterocycles. The van der Waals surface area contributed by atoms with Gasteiger partial charge in [0.25, 0.3) is 0 Å². The molecule has 3 unspecified atom stereocenters. The maximum Gasteiger partial charge on any atom is 0.0777 e. The lowest BCUT2D eigenvalue weighted by Gasteiger charge is -2.19. The van der Waals surface area contributed by atoms with Gasteiger partial charge >= 0.3 is 0 Å². The standard InChI is InChI=1S/C8H15NO2/c9-7-2-4-11-8(7)6-1-3-10-5-6/h6-8H,1-5,9H2. The first-order valence-electron chi connectivity index (χ1n) is 4.33. The molecule has 0 bridgehead atoms. The van der Waals surface area contributed by atoms with Gasteiger partial charge in [0, 0.05) is 25.2 Å². The van der Waals surface area contributed by atoms with Gasteiger partial charge < -0.3 is 15.2 Å². The maximum absolute atomic E-state index is 5.88. The molecule has 2 heterocycles. The highest BCUT2D eigenvalue weighted by Crippen LogP contribution is 2.25. The van der Waals surface area contributed by atoms with Crippen molar-refractivity contribution in [3.63, 3.8) is 0 Å². The van der Waals surface area contributed by atoms with Gasteiger partial charge in [-0.25, -0.2) is 0 Å². The Labute approximate surface area is 66.8 Å². The first-order chi connectivity index (χ1) is 5.38. The second-order valence-corrected chi connectivity index (χ2v) is 3.41. The lowest BCUT2D eigenvalue weighted by atomic mass is 9.96. The molecule has 3 atom stereocenters. The number of hydrogen-bond acceptors (Lipinski definition) is 3. The molecule has 2 rings (SSSR count). The smallest absolute Gasteiger partial charge is 0.0777 e.